The van der Waals surface area contributed by atoms with Crippen LogP contribution in [-0.4, -0.2) is 43.4 Å². The second-order valence-electron chi connectivity index (χ2n) is 7.46. The topological polar surface area (TPSA) is 81.0 Å². The number of fused-ring (bicyclic) bond motifs is 5. The average Bonchev–Trinajstić information content (AvgIpc) is 2.68. The van der Waals surface area contributed by atoms with Crippen molar-refractivity contribution in [2.45, 2.75) is 25.8 Å². The highest BCUT2D eigenvalue weighted by atomic mass is 16.2. The number of likely N-dealkylation sites (tertiary alicyclic amines) is 1. The van der Waals surface area contributed by atoms with E-state index in [0.29, 0.717) is 30.2 Å². The molecule has 1 fully saturated rings. The van der Waals surface area contributed by atoms with Crippen LogP contribution in [0.1, 0.15) is 25.0 Å². The van der Waals surface area contributed by atoms with Crippen LogP contribution in [0.3, 0.4) is 0 Å². The molecule has 3 aromatic heterocycles. The molecule has 2 atom stereocenters. The van der Waals surface area contributed by atoms with Gasteiger partial charge >= 0.3 is 0 Å². The van der Waals surface area contributed by atoms with E-state index < -0.39 is 0 Å². The van der Waals surface area contributed by atoms with Gasteiger partial charge in [0.15, 0.2) is 5.65 Å². The molecule has 1 saturated heterocycles. The number of aromatic nitrogens is 4. The van der Waals surface area contributed by atoms with Crippen LogP contribution < -0.4 is 5.56 Å². The zero-order valence-corrected chi connectivity index (χ0v) is 15.0. The van der Waals surface area contributed by atoms with Crippen molar-refractivity contribution in [3.8, 4) is 11.1 Å². The molecule has 5 rings (SSSR count). The summed E-state index contributed by atoms with van der Waals surface area (Å²) in [5.74, 6) is 0.650. The smallest absolute Gasteiger partial charge is 0.251 e. The second kappa shape index (κ2) is 5.97. The molecule has 1 amide bonds. The highest BCUT2D eigenvalue weighted by Crippen LogP contribution is 2.36. The van der Waals surface area contributed by atoms with Crippen molar-refractivity contribution in [1.29, 1.82) is 0 Å². The molecular weight excluding hydrogens is 342 g/mol. The molecule has 0 aromatic carbocycles. The number of nitrogens with zero attached hydrogens (tertiary/aromatic N) is 5. The van der Waals surface area contributed by atoms with Gasteiger partial charge in [0.05, 0.1) is 0 Å². The van der Waals surface area contributed by atoms with Gasteiger partial charge in [-0.25, -0.2) is 9.97 Å². The van der Waals surface area contributed by atoms with E-state index in [1.165, 1.54) is 0 Å². The summed E-state index contributed by atoms with van der Waals surface area (Å²) in [4.78, 5) is 39.4. The molecule has 2 aliphatic rings. The van der Waals surface area contributed by atoms with Gasteiger partial charge in [-0.15, -0.1) is 0 Å². The largest absolute Gasteiger partial charge is 0.342 e. The molecule has 5 heterocycles. The minimum atomic E-state index is 0.00715. The van der Waals surface area contributed by atoms with Crippen molar-refractivity contribution in [3.63, 3.8) is 0 Å². The van der Waals surface area contributed by atoms with Gasteiger partial charge < -0.3 is 9.47 Å². The number of carbonyl (C=O) groups excluding carboxylic acids is 1. The first-order chi connectivity index (χ1) is 13.1. The van der Waals surface area contributed by atoms with E-state index in [-0.39, 0.29) is 17.4 Å². The summed E-state index contributed by atoms with van der Waals surface area (Å²) in [6.45, 7) is 3.71. The van der Waals surface area contributed by atoms with Gasteiger partial charge in [-0.1, -0.05) is 0 Å². The lowest BCUT2D eigenvalue weighted by Crippen LogP contribution is -2.48. The summed E-state index contributed by atoms with van der Waals surface area (Å²) in [6.07, 6.45) is 6.00. The Hall–Kier alpha value is -3.09. The minimum absolute atomic E-state index is 0.00715. The first kappa shape index (κ1) is 16.1. The molecule has 2 aliphatic heterocycles. The predicted molar refractivity (Wildman–Crippen MR) is 100 cm³/mol. The average molecular weight is 361 g/mol. The Morgan fingerprint density at radius 3 is 2.74 bits per heavy atom. The fraction of sp³-hybridized carbons (Fsp3) is 0.350. The van der Waals surface area contributed by atoms with Crippen molar-refractivity contribution < 1.29 is 4.79 Å². The molecule has 0 aliphatic carbocycles. The molecule has 7 heteroatoms. The van der Waals surface area contributed by atoms with Crippen LogP contribution in [0.2, 0.25) is 0 Å². The molecule has 0 unspecified atom stereocenters. The van der Waals surface area contributed by atoms with E-state index in [4.69, 9.17) is 0 Å². The van der Waals surface area contributed by atoms with E-state index in [9.17, 15) is 9.59 Å². The van der Waals surface area contributed by atoms with Crippen molar-refractivity contribution in [2.75, 3.05) is 13.1 Å². The third-order valence-electron chi connectivity index (χ3n) is 5.66. The van der Waals surface area contributed by atoms with Gasteiger partial charge in [0, 0.05) is 68.4 Å². The molecular formula is C20H19N5O2. The first-order valence-corrected chi connectivity index (χ1v) is 9.16. The van der Waals surface area contributed by atoms with Crippen molar-refractivity contribution >= 4 is 17.1 Å². The van der Waals surface area contributed by atoms with Gasteiger partial charge in [-0.05, 0) is 30.0 Å². The summed E-state index contributed by atoms with van der Waals surface area (Å²) in [6, 6.07) is 5.66. The molecule has 0 spiro atoms. The van der Waals surface area contributed by atoms with Crippen molar-refractivity contribution in [2.24, 2.45) is 5.92 Å². The molecule has 0 saturated carbocycles. The van der Waals surface area contributed by atoms with Crippen molar-refractivity contribution in [3.05, 3.63) is 52.8 Å². The fourth-order valence-corrected chi connectivity index (χ4v) is 4.40. The third-order valence-corrected chi connectivity index (χ3v) is 5.66. The van der Waals surface area contributed by atoms with Crippen LogP contribution >= 0.6 is 0 Å². The monoisotopic (exact) mass is 361 g/mol. The zero-order chi connectivity index (χ0) is 18.5. The van der Waals surface area contributed by atoms with Gasteiger partial charge in [0.1, 0.15) is 5.52 Å². The van der Waals surface area contributed by atoms with E-state index >= 15 is 0 Å². The van der Waals surface area contributed by atoms with Gasteiger partial charge in [-0.3, -0.25) is 14.6 Å². The third kappa shape index (κ3) is 2.70. The summed E-state index contributed by atoms with van der Waals surface area (Å²) in [5.41, 5.74) is 4.00. The van der Waals surface area contributed by atoms with Crippen LogP contribution in [0.25, 0.3) is 22.3 Å². The predicted octanol–water partition coefficient (Wildman–Crippen LogP) is 1.82. The van der Waals surface area contributed by atoms with E-state index in [0.717, 1.165) is 29.8 Å². The molecule has 0 N–H and O–H groups in total. The van der Waals surface area contributed by atoms with Crippen LogP contribution in [0.15, 0.2) is 41.6 Å². The lowest BCUT2D eigenvalue weighted by atomic mass is 9.82. The number of hydrogen-bond donors (Lipinski definition) is 0. The fourth-order valence-electron chi connectivity index (χ4n) is 4.40. The quantitative estimate of drug-likeness (QED) is 0.660. The summed E-state index contributed by atoms with van der Waals surface area (Å²) in [5, 5.41) is 0. The minimum Gasteiger partial charge on any atom is -0.342 e. The molecule has 2 bridgehead atoms. The summed E-state index contributed by atoms with van der Waals surface area (Å²) >= 11 is 0. The molecule has 0 radical (unpaired) electrons. The highest BCUT2D eigenvalue weighted by molar-refractivity contribution is 5.77. The maximum absolute atomic E-state index is 12.8. The summed E-state index contributed by atoms with van der Waals surface area (Å²) < 4.78 is 1.88. The van der Waals surface area contributed by atoms with Crippen LogP contribution in [0, 0.1) is 5.92 Å². The number of rotatable bonds is 1. The van der Waals surface area contributed by atoms with Crippen LogP contribution in [0.4, 0.5) is 0 Å². The lowest BCUT2D eigenvalue weighted by Gasteiger charge is -2.42. The van der Waals surface area contributed by atoms with E-state index in [2.05, 4.69) is 21.0 Å². The Labute approximate surface area is 155 Å². The Balaban J connectivity index is 1.60. The Morgan fingerprint density at radius 1 is 1.04 bits per heavy atom. The highest BCUT2D eigenvalue weighted by Gasteiger charge is 2.35. The SMILES string of the molecule is CC(=O)N1C[C@@H]2C[C@H](C1)c1cc(-c3cnc4nccnc4c3)cc(=O)n1C2. The number of amides is 1. The maximum atomic E-state index is 12.8. The Bertz CT molecular complexity index is 1120. The lowest BCUT2D eigenvalue weighted by molar-refractivity contribution is -0.131. The standard InChI is InChI=1S/C20H19N5O2/c1-12(26)24-9-13-4-16(11-24)18-6-14(7-19(27)25(18)10-13)15-5-17-20(23-8-15)22-3-2-21-17/h2-3,5-8,13,16H,4,9-11H2,1H3/t13-,16+/m0/s1. The van der Waals surface area contributed by atoms with E-state index in [1.54, 1.807) is 31.6 Å². The molecule has 3 aromatic rings. The van der Waals surface area contributed by atoms with Crippen LogP contribution in [0.5, 0.6) is 0 Å². The Kier molecular flexibility index (Phi) is 3.56. The number of carbonyl (C=O) groups is 1. The first-order valence-electron chi connectivity index (χ1n) is 9.16. The molecule has 27 heavy (non-hydrogen) atoms. The maximum Gasteiger partial charge on any atom is 0.251 e. The number of pyridine rings is 2. The van der Waals surface area contributed by atoms with Gasteiger partial charge in [0.25, 0.3) is 5.56 Å². The normalized spacial score (nSPS) is 21.1. The van der Waals surface area contributed by atoms with Gasteiger partial charge in [0.2, 0.25) is 5.91 Å². The number of piperidine rings is 1. The Morgan fingerprint density at radius 2 is 1.89 bits per heavy atom. The van der Waals surface area contributed by atoms with Gasteiger partial charge in [-0.2, -0.15) is 0 Å². The van der Waals surface area contributed by atoms with Crippen LogP contribution in [-0.2, 0) is 11.3 Å². The molecule has 7 nitrogen and oxygen atoms in total. The van der Waals surface area contributed by atoms with E-state index in [1.807, 2.05) is 15.5 Å². The summed E-state index contributed by atoms with van der Waals surface area (Å²) in [7, 11) is 0. The molecule has 136 valence electrons. The van der Waals surface area contributed by atoms with Crippen molar-refractivity contribution in [1.82, 2.24) is 24.4 Å². The zero-order valence-electron chi connectivity index (χ0n) is 15.0. The second-order valence-corrected chi connectivity index (χ2v) is 7.46. The number of hydrogen-bond acceptors (Lipinski definition) is 5.